The van der Waals surface area contributed by atoms with Gasteiger partial charge in [0.05, 0.1) is 12.6 Å². The van der Waals surface area contributed by atoms with Crippen LogP contribution in [0.5, 0.6) is 0 Å². The van der Waals surface area contributed by atoms with Crippen molar-refractivity contribution in [2.24, 2.45) is 33.8 Å². The molecule has 0 saturated carbocycles. The number of nitrogens with one attached hydrogen (secondary N) is 3. The number of amides is 5. The predicted octanol–water partition coefficient (Wildman–Crippen LogP) is -3.55. The van der Waals surface area contributed by atoms with Crippen molar-refractivity contribution < 1.29 is 33.9 Å². The lowest BCUT2D eigenvalue weighted by Crippen LogP contribution is -2.56. The van der Waals surface area contributed by atoms with Crippen molar-refractivity contribution in [3.63, 3.8) is 0 Å². The number of nitrogens with zero attached hydrogens (tertiary/aromatic N) is 2. The average Bonchev–Trinajstić information content (AvgIpc) is 3.35. The first-order valence-electron chi connectivity index (χ1n) is 12.7. The highest BCUT2D eigenvalue weighted by molar-refractivity contribution is 5.95. The molecule has 0 aromatic heterocycles. The summed E-state index contributed by atoms with van der Waals surface area (Å²) in [5, 5.41) is 16.6. The third-order valence-corrected chi connectivity index (χ3v) is 6.16. The van der Waals surface area contributed by atoms with Gasteiger partial charge in [0.2, 0.25) is 29.5 Å². The summed E-state index contributed by atoms with van der Waals surface area (Å²) in [5.74, 6) is -4.75. The molecule has 1 saturated heterocycles. The molecular formula is C23H41N9O7. The molecule has 0 aromatic rings. The molecule has 0 unspecified atom stereocenters. The Hall–Kier alpha value is -3.95. The van der Waals surface area contributed by atoms with Gasteiger partial charge in [-0.1, -0.05) is 13.8 Å². The van der Waals surface area contributed by atoms with E-state index in [0.29, 0.717) is 19.3 Å². The van der Waals surface area contributed by atoms with Crippen LogP contribution in [-0.4, -0.2) is 95.3 Å². The highest BCUT2D eigenvalue weighted by Crippen LogP contribution is 2.20. The summed E-state index contributed by atoms with van der Waals surface area (Å²) in [7, 11) is 0. The monoisotopic (exact) mass is 555 g/mol. The molecular weight excluding hydrogens is 514 g/mol. The van der Waals surface area contributed by atoms with E-state index in [2.05, 4.69) is 20.9 Å². The van der Waals surface area contributed by atoms with E-state index in [-0.39, 0.29) is 44.2 Å². The highest BCUT2D eigenvalue weighted by Gasteiger charge is 2.38. The third-order valence-electron chi connectivity index (χ3n) is 6.16. The Morgan fingerprint density at radius 2 is 1.69 bits per heavy atom. The van der Waals surface area contributed by atoms with E-state index in [9.17, 15) is 33.9 Å². The van der Waals surface area contributed by atoms with Crippen LogP contribution in [0, 0.1) is 5.92 Å². The Balaban J connectivity index is 2.78. The largest absolute Gasteiger partial charge is 0.480 e. The number of aliphatic imine (C=N–C) groups is 1. The first-order chi connectivity index (χ1) is 18.2. The van der Waals surface area contributed by atoms with Gasteiger partial charge in [-0.05, 0) is 38.0 Å². The number of rotatable bonds is 16. The lowest BCUT2D eigenvalue weighted by atomic mass is 10.0. The summed E-state index contributed by atoms with van der Waals surface area (Å²) in [6.07, 6.45) is 0.928. The zero-order valence-electron chi connectivity index (χ0n) is 22.4. The second kappa shape index (κ2) is 16.1. The molecule has 4 atom stereocenters. The molecule has 16 heteroatoms. The molecule has 1 heterocycles. The Morgan fingerprint density at radius 1 is 1.03 bits per heavy atom. The van der Waals surface area contributed by atoms with E-state index >= 15 is 0 Å². The molecule has 12 N–H and O–H groups in total. The number of guanidine groups is 1. The van der Waals surface area contributed by atoms with Gasteiger partial charge in [0, 0.05) is 19.5 Å². The summed E-state index contributed by atoms with van der Waals surface area (Å²) < 4.78 is 0. The minimum absolute atomic E-state index is 0.0651. The number of carboxylic acids is 1. The zero-order chi connectivity index (χ0) is 29.7. The molecule has 16 nitrogen and oxygen atoms in total. The minimum Gasteiger partial charge on any atom is -0.480 e. The van der Waals surface area contributed by atoms with Gasteiger partial charge in [-0.15, -0.1) is 0 Å². The summed E-state index contributed by atoms with van der Waals surface area (Å²) in [5.41, 5.74) is 21.5. The van der Waals surface area contributed by atoms with E-state index in [1.54, 1.807) is 13.8 Å². The second-order valence-electron chi connectivity index (χ2n) is 9.65. The summed E-state index contributed by atoms with van der Waals surface area (Å²) >= 11 is 0. The van der Waals surface area contributed by atoms with E-state index in [1.165, 1.54) is 4.90 Å². The first-order valence-corrected chi connectivity index (χ1v) is 12.7. The molecule has 0 radical (unpaired) electrons. The Kier molecular flexibility index (Phi) is 13.7. The molecule has 0 aromatic carbocycles. The van der Waals surface area contributed by atoms with Crippen LogP contribution in [0.4, 0.5) is 0 Å². The van der Waals surface area contributed by atoms with Crippen molar-refractivity contribution in [1.82, 2.24) is 20.9 Å². The Bertz CT molecular complexity index is 937. The molecule has 1 aliphatic heterocycles. The zero-order valence-corrected chi connectivity index (χ0v) is 22.4. The van der Waals surface area contributed by atoms with Crippen LogP contribution < -0.4 is 38.9 Å². The summed E-state index contributed by atoms with van der Waals surface area (Å²) in [6, 6.07) is -4.14. The standard InChI is InChI=1S/C23H41N9O7/c1-12(2)18(25)20(36)31-13(7-8-16(24)33)21(37)32-10-4-6-15(32)19(35)29-11-17(34)30-14(22(38)39)5-3-9-28-23(26)27/h12-15,18H,3-11,25H2,1-2H3,(H2,24,33)(H,29,35)(H,30,34)(H,31,36)(H,38,39)(H4,26,27,28)/t13-,14-,15-,18-/m0/s1. The van der Waals surface area contributed by atoms with Gasteiger partial charge in [-0.3, -0.25) is 29.0 Å². The van der Waals surface area contributed by atoms with E-state index in [4.69, 9.17) is 22.9 Å². The van der Waals surface area contributed by atoms with E-state index < -0.39 is 66.2 Å². The minimum atomic E-state index is -1.26. The number of nitrogens with two attached hydrogens (primary N) is 4. The molecule has 1 rings (SSSR count). The van der Waals surface area contributed by atoms with Crippen molar-refractivity contribution in [2.75, 3.05) is 19.6 Å². The van der Waals surface area contributed by atoms with Crippen LogP contribution in [-0.2, 0) is 28.8 Å². The fraction of sp³-hybridized carbons (Fsp3) is 0.696. The van der Waals surface area contributed by atoms with Crippen molar-refractivity contribution in [3.8, 4) is 0 Å². The van der Waals surface area contributed by atoms with Gasteiger partial charge < -0.3 is 48.9 Å². The fourth-order valence-corrected chi connectivity index (χ4v) is 3.91. The topological polar surface area (TPSA) is 278 Å². The summed E-state index contributed by atoms with van der Waals surface area (Å²) in [4.78, 5) is 78.7. The molecule has 1 aliphatic rings. The number of aliphatic carboxylic acids is 1. The van der Waals surface area contributed by atoms with Gasteiger partial charge in [-0.2, -0.15) is 0 Å². The number of likely N-dealkylation sites (tertiary alicyclic amines) is 1. The molecule has 0 aliphatic carbocycles. The van der Waals surface area contributed by atoms with Gasteiger partial charge in [0.15, 0.2) is 5.96 Å². The average molecular weight is 556 g/mol. The van der Waals surface area contributed by atoms with Gasteiger partial charge in [0.1, 0.15) is 18.1 Å². The number of hydrogen-bond donors (Lipinski definition) is 8. The first kappa shape index (κ1) is 33.1. The molecule has 0 spiro atoms. The van der Waals surface area contributed by atoms with Crippen LogP contribution in [0.1, 0.15) is 52.4 Å². The molecule has 1 fully saturated rings. The number of carboxylic acid groups (broad SMARTS) is 1. The van der Waals surface area contributed by atoms with E-state index in [0.717, 1.165) is 0 Å². The van der Waals surface area contributed by atoms with E-state index in [1.807, 2.05) is 0 Å². The quantitative estimate of drug-likeness (QED) is 0.0527. The Morgan fingerprint density at radius 3 is 2.26 bits per heavy atom. The van der Waals surface area contributed by atoms with Crippen LogP contribution in [0.25, 0.3) is 0 Å². The van der Waals surface area contributed by atoms with Gasteiger partial charge >= 0.3 is 5.97 Å². The van der Waals surface area contributed by atoms with Crippen LogP contribution in [0.2, 0.25) is 0 Å². The lowest BCUT2D eigenvalue weighted by Gasteiger charge is -2.29. The third kappa shape index (κ3) is 11.5. The van der Waals surface area contributed by atoms with Crippen molar-refractivity contribution in [3.05, 3.63) is 0 Å². The maximum atomic E-state index is 13.3. The van der Waals surface area contributed by atoms with Crippen molar-refractivity contribution >= 4 is 41.5 Å². The smallest absolute Gasteiger partial charge is 0.326 e. The SMILES string of the molecule is CC(C)[C@H](N)C(=O)N[C@@H](CCC(N)=O)C(=O)N1CCC[C@H]1C(=O)NCC(=O)N[C@@H](CCCN=C(N)N)C(=O)O. The molecule has 5 amide bonds. The van der Waals surface area contributed by atoms with Crippen molar-refractivity contribution in [2.45, 2.75) is 76.5 Å². The van der Waals surface area contributed by atoms with Crippen LogP contribution >= 0.6 is 0 Å². The Labute approximate surface area is 226 Å². The number of carbonyl (C=O) groups excluding carboxylic acids is 5. The molecule has 0 bridgehead atoms. The maximum absolute atomic E-state index is 13.3. The maximum Gasteiger partial charge on any atom is 0.326 e. The van der Waals surface area contributed by atoms with Gasteiger partial charge in [0.25, 0.3) is 0 Å². The number of carbonyl (C=O) groups is 6. The number of primary amides is 1. The summed E-state index contributed by atoms with van der Waals surface area (Å²) in [6.45, 7) is 3.38. The fourth-order valence-electron chi connectivity index (χ4n) is 3.91. The predicted molar refractivity (Wildman–Crippen MR) is 140 cm³/mol. The van der Waals surface area contributed by atoms with Gasteiger partial charge in [-0.25, -0.2) is 4.79 Å². The van der Waals surface area contributed by atoms with Crippen molar-refractivity contribution in [1.29, 1.82) is 0 Å². The second-order valence-corrected chi connectivity index (χ2v) is 9.65. The number of hydrogen-bond acceptors (Lipinski definition) is 8. The molecule has 220 valence electrons. The highest BCUT2D eigenvalue weighted by atomic mass is 16.4. The molecule has 39 heavy (non-hydrogen) atoms. The van der Waals surface area contributed by atoms with Crippen LogP contribution in [0.15, 0.2) is 4.99 Å². The lowest BCUT2D eigenvalue weighted by molar-refractivity contribution is -0.143. The van der Waals surface area contributed by atoms with Crippen LogP contribution in [0.3, 0.4) is 0 Å². The normalized spacial score (nSPS) is 17.0.